The SMILES string of the molecule is NC(=O)N(C(=O)c1ccccc1Cl)c1csc(-c2ccc(Cl)cc2)c1. The van der Waals surface area contributed by atoms with E-state index in [0.717, 1.165) is 15.3 Å². The molecule has 126 valence electrons. The largest absolute Gasteiger partial charge is 0.351 e. The quantitative estimate of drug-likeness (QED) is 0.646. The summed E-state index contributed by atoms with van der Waals surface area (Å²) in [6.07, 6.45) is 0. The molecule has 3 aromatic rings. The molecule has 0 unspecified atom stereocenters. The monoisotopic (exact) mass is 390 g/mol. The van der Waals surface area contributed by atoms with Gasteiger partial charge in [0.1, 0.15) is 0 Å². The number of halogens is 2. The van der Waals surface area contributed by atoms with Gasteiger partial charge in [-0.2, -0.15) is 0 Å². The van der Waals surface area contributed by atoms with Crippen LogP contribution < -0.4 is 10.6 Å². The van der Waals surface area contributed by atoms with Crippen LogP contribution in [0.5, 0.6) is 0 Å². The fourth-order valence-corrected chi connectivity index (χ4v) is 3.53. The first-order valence-electron chi connectivity index (χ1n) is 7.20. The number of benzene rings is 2. The first-order valence-corrected chi connectivity index (χ1v) is 8.84. The summed E-state index contributed by atoms with van der Waals surface area (Å²) in [4.78, 5) is 26.4. The van der Waals surface area contributed by atoms with Crippen LogP contribution in [0.1, 0.15) is 10.4 Å². The first-order chi connectivity index (χ1) is 12.0. The van der Waals surface area contributed by atoms with Crippen LogP contribution in [0.15, 0.2) is 60.0 Å². The maximum Gasteiger partial charge on any atom is 0.326 e. The molecule has 0 fully saturated rings. The molecule has 1 heterocycles. The molecule has 0 saturated heterocycles. The van der Waals surface area contributed by atoms with Crippen molar-refractivity contribution in [3.05, 3.63) is 75.6 Å². The molecular formula is C18H12Cl2N2O2S. The Morgan fingerprint density at radius 1 is 1.00 bits per heavy atom. The molecule has 0 spiro atoms. The Labute approximate surface area is 158 Å². The van der Waals surface area contributed by atoms with E-state index in [-0.39, 0.29) is 10.6 Å². The highest BCUT2D eigenvalue weighted by molar-refractivity contribution is 7.14. The van der Waals surface area contributed by atoms with Crippen molar-refractivity contribution in [3.63, 3.8) is 0 Å². The lowest BCUT2D eigenvalue weighted by atomic mass is 10.1. The zero-order valence-electron chi connectivity index (χ0n) is 12.8. The number of hydrogen-bond donors (Lipinski definition) is 1. The lowest BCUT2D eigenvalue weighted by Gasteiger charge is -2.17. The molecule has 7 heteroatoms. The Morgan fingerprint density at radius 3 is 2.32 bits per heavy atom. The highest BCUT2D eigenvalue weighted by Gasteiger charge is 2.25. The van der Waals surface area contributed by atoms with E-state index in [1.165, 1.54) is 11.3 Å². The molecular weight excluding hydrogens is 379 g/mol. The van der Waals surface area contributed by atoms with E-state index in [1.807, 2.05) is 12.1 Å². The van der Waals surface area contributed by atoms with E-state index < -0.39 is 11.9 Å². The maximum atomic E-state index is 12.7. The van der Waals surface area contributed by atoms with Crippen molar-refractivity contribution >= 4 is 52.2 Å². The summed E-state index contributed by atoms with van der Waals surface area (Å²) in [5.74, 6) is -0.571. The second-order valence-corrected chi connectivity index (χ2v) is 6.89. The van der Waals surface area contributed by atoms with Gasteiger partial charge in [0.25, 0.3) is 5.91 Å². The van der Waals surface area contributed by atoms with E-state index in [4.69, 9.17) is 28.9 Å². The second kappa shape index (κ2) is 7.27. The minimum Gasteiger partial charge on any atom is -0.351 e. The predicted octanol–water partition coefficient (Wildman–Crippen LogP) is 5.45. The van der Waals surface area contributed by atoms with Crippen LogP contribution in [-0.2, 0) is 0 Å². The van der Waals surface area contributed by atoms with E-state index in [9.17, 15) is 9.59 Å². The molecule has 0 saturated carbocycles. The number of rotatable bonds is 3. The number of primary amides is 1. The summed E-state index contributed by atoms with van der Waals surface area (Å²) in [5, 5.41) is 2.59. The van der Waals surface area contributed by atoms with Gasteiger partial charge < -0.3 is 5.73 Å². The summed E-state index contributed by atoms with van der Waals surface area (Å²) in [5.41, 5.74) is 6.97. The lowest BCUT2D eigenvalue weighted by molar-refractivity contribution is 0.0995. The Balaban J connectivity index is 1.97. The van der Waals surface area contributed by atoms with Crippen molar-refractivity contribution in [2.45, 2.75) is 0 Å². The second-order valence-electron chi connectivity index (χ2n) is 5.13. The summed E-state index contributed by atoms with van der Waals surface area (Å²) in [6, 6.07) is 14.6. The number of imide groups is 1. The van der Waals surface area contributed by atoms with Crippen LogP contribution in [0.4, 0.5) is 10.5 Å². The minimum atomic E-state index is -0.870. The Hall–Kier alpha value is -2.34. The topological polar surface area (TPSA) is 63.4 Å². The van der Waals surface area contributed by atoms with Crippen LogP contribution >= 0.6 is 34.5 Å². The van der Waals surface area contributed by atoms with Gasteiger partial charge in [-0.3, -0.25) is 4.79 Å². The van der Waals surface area contributed by atoms with Gasteiger partial charge in [-0.05, 0) is 35.9 Å². The van der Waals surface area contributed by atoms with Crippen molar-refractivity contribution in [2.75, 3.05) is 4.90 Å². The molecule has 0 atom stereocenters. The number of nitrogens with two attached hydrogens (primary N) is 1. The molecule has 0 aliphatic carbocycles. The van der Waals surface area contributed by atoms with Crippen LogP contribution in [-0.4, -0.2) is 11.9 Å². The lowest BCUT2D eigenvalue weighted by Crippen LogP contribution is -2.40. The van der Waals surface area contributed by atoms with Gasteiger partial charge in [-0.15, -0.1) is 11.3 Å². The van der Waals surface area contributed by atoms with Gasteiger partial charge in [0.15, 0.2) is 0 Å². The van der Waals surface area contributed by atoms with Crippen molar-refractivity contribution in [1.82, 2.24) is 0 Å². The number of anilines is 1. The smallest absolute Gasteiger partial charge is 0.326 e. The van der Waals surface area contributed by atoms with Crippen molar-refractivity contribution in [2.24, 2.45) is 5.73 Å². The fourth-order valence-electron chi connectivity index (χ4n) is 2.31. The molecule has 3 amide bonds. The summed E-state index contributed by atoms with van der Waals surface area (Å²) in [6.45, 7) is 0. The van der Waals surface area contributed by atoms with E-state index in [1.54, 1.807) is 47.8 Å². The van der Waals surface area contributed by atoms with Gasteiger partial charge in [0.2, 0.25) is 0 Å². The van der Waals surface area contributed by atoms with Crippen molar-refractivity contribution in [1.29, 1.82) is 0 Å². The normalized spacial score (nSPS) is 10.5. The number of carbonyl (C=O) groups is 2. The molecule has 2 aromatic carbocycles. The standard InChI is InChI=1S/C18H12Cl2N2O2S/c19-12-7-5-11(6-8-12)16-9-13(10-25-16)22(18(21)24)17(23)14-3-1-2-4-15(14)20/h1-10H,(H2,21,24). The average molecular weight is 391 g/mol. The highest BCUT2D eigenvalue weighted by Crippen LogP contribution is 2.33. The summed E-state index contributed by atoms with van der Waals surface area (Å²) in [7, 11) is 0. The summed E-state index contributed by atoms with van der Waals surface area (Å²) >= 11 is 13.4. The van der Waals surface area contributed by atoms with Crippen molar-refractivity contribution in [3.8, 4) is 10.4 Å². The van der Waals surface area contributed by atoms with Crippen LogP contribution in [0.3, 0.4) is 0 Å². The molecule has 0 bridgehead atoms. The van der Waals surface area contributed by atoms with Gasteiger partial charge in [-0.1, -0.05) is 47.5 Å². The maximum absolute atomic E-state index is 12.7. The molecule has 0 aliphatic rings. The zero-order chi connectivity index (χ0) is 18.0. The number of hydrogen-bond acceptors (Lipinski definition) is 3. The number of thiophene rings is 1. The third-order valence-corrected chi connectivity index (χ3v) is 5.05. The van der Waals surface area contributed by atoms with E-state index in [0.29, 0.717) is 10.7 Å². The number of amides is 3. The van der Waals surface area contributed by atoms with Crippen molar-refractivity contribution < 1.29 is 9.59 Å². The number of urea groups is 1. The highest BCUT2D eigenvalue weighted by atomic mass is 35.5. The Bertz CT molecular complexity index is 938. The van der Waals surface area contributed by atoms with E-state index in [2.05, 4.69) is 0 Å². The number of nitrogens with zero attached hydrogens (tertiary/aromatic N) is 1. The first kappa shape index (κ1) is 17.5. The van der Waals surface area contributed by atoms with Crippen LogP contribution in [0, 0.1) is 0 Å². The average Bonchev–Trinajstić information content (AvgIpc) is 3.05. The molecule has 4 nitrogen and oxygen atoms in total. The zero-order valence-corrected chi connectivity index (χ0v) is 15.1. The van der Waals surface area contributed by atoms with Crippen LogP contribution in [0.2, 0.25) is 10.0 Å². The Kier molecular flexibility index (Phi) is 5.08. The van der Waals surface area contributed by atoms with Gasteiger partial charge >= 0.3 is 6.03 Å². The minimum absolute atomic E-state index is 0.210. The molecule has 0 radical (unpaired) electrons. The third-order valence-electron chi connectivity index (χ3n) is 3.50. The fraction of sp³-hybridized carbons (Fsp3) is 0. The van der Waals surface area contributed by atoms with Crippen LogP contribution in [0.25, 0.3) is 10.4 Å². The van der Waals surface area contributed by atoms with Gasteiger partial charge in [0.05, 0.1) is 16.3 Å². The van der Waals surface area contributed by atoms with Gasteiger partial charge in [-0.25, -0.2) is 9.69 Å². The van der Waals surface area contributed by atoms with E-state index >= 15 is 0 Å². The molecule has 1 aromatic heterocycles. The third kappa shape index (κ3) is 3.69. The molecule has 3 rings (SSSR count). The Morgan fingerprint density at radius 2 is 1.68 bits per heavy atom. The molecule has 0 aliphatic heterocycles. The molecule has 25 heavy (non-hydrogen) atoms. The summed E-state index contributed by atoms with van der Waals surface area (Å²) < 4.78 is 0. The molecule has 2 N–H and O–H groups in total. The van der Waals surface area contributed by atoms with Gasteiger partial charge in [0, 0.05) is 15.3 Å². The number of carbonyl (C=O) groups excluding carboxylic acids is 2. The predicted molar refractivity (Wildman–Crippen MR) is 103 cm³/mol.